The minimum Gasteiger partial charge on any atom is -0.326 e. The second-order valence-corrected chi connectivity index (χ2v) is 7.65. The molecule has 0 amide bonds. The Labute approximate surface area is 115 Å². The van der Waals surface area contributed by atoms with Gasteiger partial charge < -0.3 is 5.73 Å². The van der Waals surface area contributed by atoms with Crippen molar-refractivity contribution in [2.75, 3.05) is 6.54 Å². The van der Waals surface area contributed by atoms with E-state index in [1.807, 2.05) is 26.8 Å². The Morgan fingerprint density at radius 3 is 2.58 bits per heavy atom. The minimum atomic E-state index is -3.42. The van der Waals surface area contributed by atoms with Gasteiger partial charge in [-0.25, -0.2) is 8.42 Å². The highest BCUT2D eigenvalue weighted by atomic mass is 32.2. The maximum atomic E-state index is 12.7. The Kier molecular flexibility index (Phi) is 3.73. The number of benzene rings is 1. The molecule has 1 aliphatic rings. The maximum absolute atomic E-state index is 12.7. The average Bonchev–Trinajstić information content (AvgIpc) is 2.70. The molecule has 0 aromatic heterocycles. The topological polar surface area (TPSA) is 63.4 Å². The van der Waals surface area contributed by atoms with Gasteiger partial charge in [0.1, 0.15) is 0 Å². The zero-order valence-corrected chi connectivity index (χ0v) is 12.6. The van der Waals surface area contributed by atoms with Gasteiger partial charge in [-0.15, -0.1) is 0 Å². The fourth-order valence-electron chi connectivity index (χ4n) is 2.68. The van der Waals surface area contributed by atoms with Gasteiger partial charge in [0.15, 0.2) is 0 Å². The Bertz CT molecular complexity index is 579. The van der Waals surface area contributed by atoms with Crippen LogP contribution in [-0.4, -0.2) is 24.8 Å². The van der Waals surface area contributed by atoms with Gasteiger partial charge >= 0.3 is 0 Å². The normalized spacial score (nSPS) is 19.8. The molecule has 0 unspecified atom stereocenters. The van der Waals surface area contributed by atoms with Crippen molar-refractivity contribution < 1.29 is 8.42 Å². The summed E-state index contributed by atoms with van der Waals surface area (Å²) in [4.78, 5) is 0.355. The number of rotatable bonds is 3. The van der Waals surface area contributed by atoms with E-state index < -0.39 is 10.0 Å². The summed E-state index contributed by atoms with van der Waals surface area (Å²) in [6, 6.07) is 5.22. The third kappa shape index (κ3) is 2.55. The number of hydrogen-bond donors (Lipinski definition) is 1. The summed E-state index contributed by atoms with van der Waals surface area (Å²) in [5, 5.41) is 0. The van der Waals surface area contributed by atoms with Crippen molar-refractivity contribution >= 4 is 10.0 Å². The molecule has 0 saturated carbocycles. The largest absolute Gasteiger partial charge is 0.326 e. The van der Waals surface area contributed by atoms with Crippen molar-refractivity contribution in [2.45, 2.75) is 50.6 Å². The van der Waals surface area contributed by atoms with Gasteiger partial charge in [0, 0.05) is 18.6 Å². The average molecular weight is 282 g/mol. The summed E-state index contributed by atoms with van der Waals surface area (Å²) >= 11 is 0. The molecule has 1 aromatic carbocycles. The predicted octanol–water partition coefficient (Wildman–Crippen LogP) is 2.02. The summed E-state index contributed by atoms with van der Waals surface area (Å²) in [6.45, 7) is 6.86. The van der Waals surface area contributed by atoms with Crippen LogP contribution in [0.15, 0.2) is 23.1 Å². The van der Waals surface area contributed by atoms with Gasteiger partial charge in [-0.05, 0) is 56.9 Å². The number of sulfonamides is 1. The molecule has 0 atom stereocenters. The molecule has 106 valence electrons. The first kappa shape index (κ1) is 14.5. The van der Waals surface area contributed by atoms with Crippen LogP contribution >= 0.6 is 0 Å². The smallest absolute Gasteiger partial charge is 0.243 e. The molecule has 0 aliphatic carbocycles. The second-order valence-electron chi connectivity index (χ2n) is 5.79. The van der Waals surface area contributed by atoms with Gasteiger partial charge in [0.25, 0.3) is 0 Å². The summed E-state index contributed by atoms with van der Waals surface area (Å²) in [5.74, 6) is 0. The Hall–Kier alpha value is -0.910. The molecule has 2 rings (SSSR count). The molecule has 1 aliphatic heterocycles. The second kappa shape index (κ2) is 4.89. The molecule has 0 radical (unpaired) electrons. The van der Waals surface area contributed by atoms with E-state index in [0.717, 1.165) is 24.0 Å². The molecule has 19 heavy (non-hydrogen) atoms. The Morgan fingerprint density at radius 1 is 1.37 bits per heavy atom. The van der Waals surface area contributed by atoms with Gasteiger partial charge in [-0.1, -0.05) is 6.07 Å². The number of nitrogens with two attached hydrogens (primary N) is 1. The van der Waals surface area contributed by atoms with Crippen LogP contribution in [-0.2, 0) is 16.6 Å². The van der Waals surface area contributed by atoms with Crippen molar-refractivity contribution in [3.63, 3.8) is 0 Å². The van der Waals surface area contributed by atoms with Gasteiger partial charge in [-0.3, -0.25) is 0 Å². The highest BCUT2D eigenvalue weighted by molar-refractivity contribution is 7.89. The van der Waals surface area contributed by atoms with E-state index in [0.29, 0.717) is 18.0 Å². The predicted molar refractivity (Wildman–Crippen MR) is 76.3 cm³/mol. The van der Waals surface area contributed by atoms with Crippen LogP contribution in [0.2, 0.25) is 0 Å². The summed E-state index contributed by atoms with van der Waals surface area (Å²) in [6.07, 6.45) is 1.82. The van der Waals surface area contributed by atoms with Crippen LogP contribution in [0, 0.1) is 6.92 Å². The van der Waals surface area contributed by atoms with Crippen LogP contribution in [0.3, 0.4) is 0 Å². The molecule has 4 nitrogen and oxygen atoms in total. The molecule has 1 aromatic rings. The third-order valence-corrected chi connectivity index (χ3v) is 6.06. The van der Waals surface area contributed by atoms with Gasteiger partial charge in [0.05, 0.1) is 4.90 Å². The molecule has 1 fully saturated rings. The highest BCUT2D eigenvalue weighted by Gasteiger charge is 2.40. The van der Waals surface area contributed by atoms with E-state index >= 15 is 0 Å². The fourth-order valence-corrected chi connectivity index (χ4v) is 4.58. The van der Waals surface area contributed by atoms with E-state index in [4.69, 9.17) is 5.73 Å². The lowest BCUT2D eigenvalue weighted by molar-refractivity contribution is 0.291. The first-order valence-corrected chi connectivity index (χ1v) is 8.05. The molecular formula is C14H22N2O2S. The minimum absolute atomic E-state index is 0.299. The van der Waals surface area contributed by atoms with E-state index in [-0.39, 0.29) is 5.54 Å². The van der Waals surface area contributed by atoms with E-state index in [2.05, 4.69) is 0 Å². The first-order chi connectivity index (χ1) is 8.79. The van der Waals surface area contributed by atoms with E-state index in [1.54, 1.807) is 16.4 Å². The standard InChI is InChI=1S/C14H22N2O2S/c1-11-5-6-13(9-12(11)10-15)19(17,18)16-8-4-7-14(16,2)3/h5-6,9H,4,7-8,10,15H2,1-3H3. The van der Waals surface area contributed by atoms with Crippen molar-refractivity contribution in [3.8, 4) is 0 Å². The number of aryl methyl sites for hydroxylation is 1. The SMILES string of the molecule is Cc1ccc(S(=O)(=O)N2CCCC2(C)C)cc1CN. The third-order valence-electron chi connectivity index (χ3n) is 3.95. The van der Waals surface area contributed by atoms with Crippen molar-refractivity contribution in [3.05, 3.63) is 29.3 Å². The van der Waals surface area contributed by atoms with Crippen LogP contribution < -0.4 is 5.73 Å². The Morgan fingerprint density at radius 2 is 2.05 bits per heavy atom. The molecule has 1 saturated heterocycles. The van der Waals surface area contributed by atoms with Gasteiger partial charge in [-0.2, -0.15) is 4.31 Å². The fraction of sp³-hybridized carbons (Fsp3) is 0.571. The molecule has 5 heteroatoms. The highest BCUT2D eigenvalue weighted by Crippen LogP contribution is 2.34. The molecule has 2 N–H and O–H groups in total. The number of nitrogens with zero attached hydrogens (tertiary/aromatic N) is 1. The lowest BCUT2D eigenvalue weighted by Crippen LogP contribution is -2.42. The Balaban J connectivity index is 2.45. The molecule has 0 spiro atoms. The van der Waals surface area contributed by atoms with Crippen LogP contribution in [0.5, 0.6) is 0 Å². The van der Waals surface area contributed by atoms with Crippen molar-refractivity contribution in [1.82, 2.24) is 4.31 Å². The maximum Gasteiger partial charge on any atom is 0.243 e. The van der Waals surface area contributed by atoms with Crippen LogP contribution in [0.25, 0.3) is 0 Å². The lowest BCUT2D eigenvalue weighted by Gasteiger charge is -2.30. The molecule has 1 heterocycles. The molecular weight excluding hydrogens is 260 g/mol. The van der Waals surface area contributed by atoms with Crippen molar-refractivity contribution in [2.24, 2.45) is 5.73 Å². The monoisotopic (exact) mass is 282 g/mol. The zero-order valence-electron chi connectivity index (χ0n) is 11.8. The van der Waals surface area contributed by atoms with E-state index in [1.165, 1.54) is 0 Å². The van der Waals surface area contributed by atoms with Crippen LogP contribution in [0.1, 0.15) is 37.8 Å². The van der Waals surface area contributed by atoms with Crippen molar-refractivity contribution in [1.29, 1.82) is 0 Å². The van der Waals surface area contributed by atoms with Crippen LogP contribution in [0.4, 0.5) is 0 Å². The summed E-state index contributed by atoms with van der Waals surface area (Å²) in [7, 11) is -3.42. The summed E-state index contributed by atoms with van der Waals surface area (Å²) < 4.78 is 27.0. The first-order valence-electron chi connectivity index (χ1n) is 6.61. The zero-order chi connectivity index (χ0) is 14.3. The lowest BCUT2D eigenvalue weighted by atomic mass is 10.0. The quantitative estimate of drug-likeness (QED) is 0.922. The number of hydrogen-bond acceptors (Lipinski definition) is 3. The molecule has 0 bridgehead atoms. The summed E-state index contributed by atoms with van der Waals surface area (Å²) in [5.41, 5.74) is 7.28. The van der Waals surface area contributed by atoms with Gasteiger partial charge in [0.2, 0.25) is 10.0 Å². The van der Waals surface area contributed by atoms with E-state index in [9.17, 15) is 8.42 Å².